The van der Waals surface area contributed by atoms with Crippen molar-refractivity contribution in [1.29, 1.82) is 0 Å². The Morgan fingerprint density at radius 3 is 1.86 bits per heavy atom. The van der Waals surface area contributed by atoms with E-state index in [9.17, 15) is 0 Å². The van der Waals surface area contributed by atoms with Gasteiger partial charge in [-0.2, -0.15) is 0 Å². The van der Waals surface area contributed by atoms with Crippen LogP contribution < -0.4 is 0 Å². The van der Waals surface area contributed by atoms with Gasteiger partial charge in [0.2, 0.25) is 0 Å². The molecule has 0 nitrogen and oxygen atoms in total. The molecule has 0 spiro atoms. The van der Waals surface area contributed by atoms with Gasteiger partial charge in [0, 0.05) is 0 Å². The maximum atomic E-state index is 3.97. The minimum atomic E-state index is 0.741. The number of fused-ring (bicyclic) bond motifs is 1. The predicted molar refractivity (Wildman–Crippen MR) is 127 cm³/mol. The van der Waals surface area contributed by atoms with E-state index in [1.165, 1.54) is 71.6 Å². The fraction of sp³-hybridized carbons (Fsp3) is 0.379. The van der Waals surface area contributed by atoms with E-state index in [0.29, 0.717) is 0 Å². The van der Waals surface area contributed by atoms with Gasteiger partial charge in [0.15, 0.2) is 0 Å². The summed E-state index contributed by atoms with van der Waals surface area (Å²) in [5.74, 6) is 1.49. The van der Waals surface area contributed by atoms with Crippen LogP contribution in [0, 0.1) is 5.92 Å². The zero-order chi connectivity index (χ0) is 20.1. The summed E-state index contributed by atoms with van der Waals surface area (Å²) in [7, 11) is 0. The molecule has 0 heterocycles. The lowest BCUT2D eigenvalue weighted by Gasteiger charge is -2.27. The Morgan fingerprint density at radius 1 is 0.724 bits per heavy atom. The largest absolute Gasteiger partial charge is 0.103 e. The minimum Gasteiger partial charge on any atom is -0.103 e. The van der Waals surface area contributed by atoms with Gasteiger partial charge in [-0.15, -0.1) is 6.58 Å². The summed E-state index contributed by atoms with van der Waals surface area (Å²) >= 11 is 0. The topological polar surface area (TPSA) is 0 Å². The van der Waals surface area contributed by atoms with Gasteiger partial charge >= 0.3 is 0 Å². The minimum absolute atomic E-state index is 0.741. The van der Waals surface area contributed by atoms with E-state index in [2.05, 4.69) is 80.2 Å². The monoisotopic (exact) mass is 382 g/mol. The number of rotatable bonds is 7. The molecule has 1 aliphatic carbocycles. The second-order valence-corrected chi connectivity index (χ2v) is 8.85. The zero-order valence-corrected chi connectivity index (χ0v) is 17.9. The zero-order valence-electron chi connectivity index (χ0n) is 17.9. The Labute approximate surface area is 176 Å². The fourth-order valence-electron chi connectivity index (χ4n) is 4.88. The number of aryl methyl sites for hydroxylation is 3. The first-order valence-corrected chi connectivity index (χ1v) is 11.5. The second kappa shape index (κ2) is 9.44. The van der Waals surface area contributed by atoms with Crippen LogP contribution in [0.5, 0.6) is 0 Å². The van der Waals surface area contributed by atoms with Gasteiger partial charge in [0.1, 0.15) is 0 Å². The van der Waals surface area contributed by atoms with Gasteiger partial charge in [-0.3, -0.25) is 0 Å². The third-order valence-corrected chi connectivity index (χ3v) is 6.77. The molecule has 0 saturated heterocycles. The third-order valence-electron chi connectivity index (χ3n) is 6.77. The van der Waals surface area contributed by atoms with E-state index >= 15 is 0 Å². The first-order valence-electron chi connectivity index (χ1n) is 11.5. The Kier molecular flexibility index (Phi) is 6.49. The summed E-state index contributed by atoms with van der Waals surface area (Å²) in [4.78, 5) is 0. The van der Waals surface area contributed by atoms with Gasteiger partial charge in [-0.05, 0) is 89.8 Å². The summed E-state index contributed by atoms with van der Waals surface area (Å²) in [6.07, 6.45) is 12.0. The van der Waals surface area contributed by atoms with Crippen LogP contribution in [0.4, 0.5) is 0 Å². The lowest BCUT2D eigenvalue weighted by atomic mass is 9.78. The maximum absolute atomic E-state index is 3.97. The van der Waals surface area contributed by atoms with Crippen molar-refractivity contribution in [3.63, 3.8) is 0 Å². The SMILES string of the molecule is C=CC1CCC(c2ccc(CCc3ccc4cc(CCC)ccc4c3)cc2)CC1. The first-order chi connectivity index (χ1) is 14.2. The van der Waals surface area contributed by atoms with Crippen LogP contribution in [-0.4, -0.2) is 0 Å². The van der Waals surface area contributed by atoms with Crippen molar-refractivity contribution in [3.8, 4) is 0 Å². The van der Waals surface area contributed by atoms with Crippen LogP contribution in [0.25, 0.3) is 10.8 Å². The van der Waals surface area contributed by atoms with E-state index in [1.54, 1.807) is 0 Å². The number of hydrogen-bond donors (Lipinski definition) is 0. The highest BCUT2D eigenvalue weighted by molar-refractivity contribution is 5.83. The highest BCUT2D eigenvalue weighted by atomic mass is 14.2. The van der Waals surface area contributed by atoms with E-state index in [-0.39, 0.29) is 0 Å². The van der Waals surface area contributed by atoms with Crippen LogP contribution in [0.3, 0.4) is 0 Å². The Balaban J connectivity index is 1.36. The van der Waals surface area contributed by atoms with E-state index in [0.717, 1.165) is 24.7 Å². The molecule has 1 aliphatic rings. The smallest absolute Gasteiger partial charge is 0.0162 e. The van der Waals surface area contributed by atoms with Gasteiger partial charge in [-0.25, -0.2) is 0 Å². The molecule has 1 fully saturated rings. The molecule has 0 unspecified atom stereocenters. The molecule has 0 N–H and O–H groups in total. The summed E-state index contributed by atoms with van der Waals surface area (Å²) < 4.78 is 0. The van der Waals surface area contributed by atoms with Crippen LogP contribution in [0.15, 0.2) is 73.3 Å². The lowest BCUT2D eigenvalue weighted by molar-refractivity contribution is 0.376. The Bertz CT molecular complexity index is 939. The maximum Gasteiger partial charge on any atom is -0.0162 e. The van der Waals surface area contributed by atoms with Gasteiger partial charge in [0.25, 0.3) is 0 Å². The second-order valence-electron chi connectivity index (χ2n) is 8.85. The van der Waals surface area contributed by atoms with Crippen molar-refractivity contribution >= 4 is 10.8 Å². The third kappa shape index (κ3) is 4.99. The molecule has 0 amide bonds. The first kappa shape index (κ1) is 20.0. The lowest BCUT2D eigenvalue weighted by Crippen LogP contribution is -2.11. The van der Waals surface area contributed by atoms with Gasteiger partial charge < -0.3 is 0 Å². The highest BCUT2D eigenvalue weighted by Crippen LogP contribution is 2.36. The van der Waals surface area contributed by atoms with Crippen LogP contribution in [0.1, 0.15) is 67.2 Å². The van der Waals surface area contributed by atoms with Crippen molar-refractivity contribution in [3.05, 3.63) is 95.6 Å². The van der Waals surface area contributed by atoms with Crippen LogP contribution in [-0.2, 0) is 19.3 Å². The van der Waals surface area contributed by atoms with Crippen LogP contribution in [0.2, 0.25) is 0 Å². The van der Waals surface area contributed by atoms with Gasteiger partial charge in [-0.1, -0.05) is 80.1 Å². The molecule has 0 aliphatic heterocycles. The summed E-state index contributed by atoms with van der Waals surface area (Å²) in [6.45, 7) is 6.21. The van der Waals surface area contributed by atoms with Crippen molar-refractivity contribution in [1.82, 2.24) is 0 Å². The molecule has 3 aromatic rings. The molecule has 29 heavy (non-hydrogen) atoms. The van der Waals surface area contributed by atoms with E-state index < -0.39 is 0 Å². The number of benzene rings is 3. The normalized spacial score (nSPS) is 19.3. The summed E-state index contributed by atoms with van der Waals surface area (Å²) in [5, 5.41) is 2.74. The average Bonchev–Trinajstić information content (AvgIpc) is 2.78. The Hall–Kier alpha value is -2.34. The Morgan fingerprint density at radius 2 is 1.28 bits per heavy atom. The molecular formula is C29H34. The molecule has 0 bridgehead atoms. The molecule has 0 radical (unpaired) electrons. The number of hydrogen-bond acceptors (Lipinski definition) is 0. The van der Waals surface area contributed by atoms with Crippen molar-refractivity contribution in [2.24, 2.45) is 5.92 Å². The molecule has 0 atom stereocenters. The highest BCUT2D eigenvalue weighted by Gasteiger charge is 2.20. The standard InChI is InChI=1S/C29H34/c1-3-5-24-12-18-29-21-25(13-19-28(29)20-24)7-6-23-10-16-27(17-11-23)26-14-8-22(4-2)9-15-26/h4,10-13,16-22,26H,2-3,5-9,14-15H2,1H3. The fourth-order valence-corrected chi connectivity index (χ4v) is 4.88. The summed E-state index contributed by atoms with van der Waals surface area (Å²) in [6, 6.07) is 23.4. The van der Waals surface area contributed by atoms with Gasteiger partial charge in [0.05, 0.1) is 0 Å². The molecule has 1 saturated carbocycles. The molecule has 0 aromatic heterocycles. The molecule has 150 valence electrons. The molecule has 0 heteroatoms. The molecule has 3 aromatic carbocycles. The van der Waals surface area contributed by atoms with Crippen molar-refractivity contribution in [2.75, 3.05) is 0 Å². The van der Waals surface area contributed by atoms with Crippen LogP contribution >= 0.6 is 0 Å². The molecule has 4 rings (SSSR count). The molecular weight excluding hydrogens is 348 g/mol. The predicted octanol–water partition coefficient (Wildman–Crippen LogP) is 8.04. The average molecular weight is 383 g/mol. The number of allylic oxidation sites excluding steroid dienone is 1. The van der Waals surface area contributed by atoms with Crippen molar-refractivity contribution in [2.45, 2.75) is 64.2 Å². The quantitative estimate of drug-likeness (QED) is 0.363. The van der Waals surface area contributed by atoms with E-state index in [4.69, 9.17) is 0 Å². The van der Waals surface area contributed by atoms with Crippen molar-refractivity contribution < 1.29 is 0 Å². The van der Waals surface area contributed by atoms with E-state index in [1.807, 2.05) is 0 Å². The summed E-state index contributed by atoms with van der Waals surface area (Å²) in [5.41, 5.74) is 5.87.